The summed E-state index contributed by atoms with van der Waals surface area (Å²) in [7, 11) is 0. The van der Waals surface area contributed by atoms with Crippen molar-refractivity contribution in [1.82, 2.24) is 0 Å². The molecule has 0 atom stereocenters. The highest BCUT2D eigenvalue weighted by atomic mass is 79.9. The third-order valence-electron chi connectivity index (χ3n) is 1.76. The lowest BCUT2D eigenvalue weighted by molar-refractivity contribution is -0.164. The van der Waals surface area contributed by atoms with Crippen LogP contribution in [-0.2, 0) is 9.59 Å². The summed E-state index contributed by atoms with van der Waals surface area (Å²) in [5.41, 5.74) is 0. The largest absolute Gasteiger partial charge is 0.481 e. The normalized spacial score (nSPS) is 12.9. The first-order valence-corrected chi connectivity index (χ1v) is 4.68. The van der Waals surface area contributed by atoms with E-state index < -0.39 is 41.5 Å². The number of halogens is 5. The highest BCUT2D eigenvalue weighted by Crippen LogP contribution is 2.42. The van der Waals surface area contributed by atoms with Crippen molar-refractivity contribution < 1.29 is 37.4 Å². The zero-order valence-electron chi connectivity index (χ0n) is 7.59. The fraction of sp³-hybridized carbons (Fsp3) is 0.714. The zero-order valence-corrected chi connectivity index (χ0v) is 9.18. The van der Waals surface area contributed by atoms with Gasteiger partial charge in [-0.25, -0.2) is 0 Å². The monoisotopic (exact) mass is 310 g/mol. The molecule has 0 radical (unpaired) electrons. The maximum Gasteiger partial charge on any atom is 0.363 e. The van der Waals surface area contributed by atoms with Crippen molar-refractivity contribution in [2.45, 2.75) is 23.6 Å². The first-order chi connectivity index (χ1) is 6.99. The Hall–Kier alpha value is -0.860. The molecule has 0 saturated carbocycles. The van der Waals surface area contributed by atoms with E-state index in [1.807, 2.05) is 0 Å². The number of alkyl halides is 5. The van der Waals surface area contributed by atoms with Crippen LogP contribution in [0.15, 0.2) is 0 Å². The third kappa shape index (κ3) is 3.95. The average molecular weight is 311 g/mol. The van der Waals surface area contributed by atoms with E-state index in [1.165, 1.54) is 15.9 Å². The van der Waals surface area contributed by atoms with E-state index in [9.17, 15) is 27.2 Å². The van der Waals surface area contributed by atoms with Crippen molar-refractivity contribution in [2.75, 3.05) is 0 Å². The number of carboxylic acids is 2. The topological polar surface area (TPSA) is 74.6 Å². The minimum atomic E-state index is -4.50. The minimum absolute atomic E-state index is 1.08. The van der Waals surface area contributed by atoms with Gasteiger partial charge >= 0.3 is 22.7 Å². The molecule has 16 heavy (non-hydrogen) atoms. The van der Waals surface area contributed by atoms with Crippen LogP contribution >= 0.6 is 15.9 Å². The molecule has 4 nitrogen and oxygen atoms in total. The molecule has 0 amide bonds. The van der Waals surface area contributed by atoms with E-state index in [0.29, 0.717) is 0 Å². The van der Waals surface area contributed by atoms with Gasteiger partial charge < -0.3 is 10.2 Å². The molecular weight excluding hydrogens is 304 g/mol. The van der Waals surface area contributed by atoms with Gasteiger partial charge in [-0.1, -0.05) is 0 Å². The second-order valence-electron chi connectivity index (χ2n) is 2.97. The Morgan fingerprint density at radius 2 is 1.50 bits per heavy atom. The Balaban J connectivity index is 4.54. The third-order valence-corrected chi connectivity index (χ3v) is 2.34. The van der Waals surface area contributed by atoms with Crippen molar-refractivity contribution in [3.8, 4) is 0 Å². The summed E-state index contributed by atoms with van der Waals surface area (Å²) in [5, 5.41) is 16.6. The molecule has 0 saturated heterocycles. The molecule has 0 aliphatic rings. The molecule has 94 valence electrons. The van der Waals surface area contributed by atoms with Gasteiger partial charge in [-0.3, -0.25) is 9.59 Å². The summed E-state index contributed by atoms with van der Waals surface area (Å²) < 4.78 is 49.7. The predicted octanol–water partition coefficient (Wildman–Crippen LogP) is 2.17. The van der Waals surface area contributed by atoms with Crippen LogP contribution in [0.4, 0.5) is 17.6 Å². The summed E-state index contributed by atoms with van der Waals surface area (Å²) in [6.45, 7) is 0. The summed E-state index contributed by atoms with van der Waals surface area (Å²) in [5.74, 6) is -10.3. The first-order valence-electron chi connectivity index (χ1n) is 3.89. The Morgan fingerprint density at radius 1 is 1.12 bits per heavy atom. The Bertz CT molecular complexity index is 275. The van der Waals surface area contributed by atoms with Gasteiger partial charge in [0.25, 0.3) is 0 Å². The second kappa shape index (κ2) is 4.98. The van der Waals surface area contributed by atoms with Crippen LogP contribution in [0.3, 0.4) is 0 Å². The molecule has 0 aromatic carbocycles. The van der Waals surface area contributed by atoms with Crippen molar-refractivity contribution >= 4 is 27.9 Å². The maximum absolute atomic E-state index is 12.6. The molecule has 0 aliphatic carbocycles. The molecule has 0 bridgehead atoms. The van der Waals surface area contributed by atoms with Gasteiger partial charge in [-0.2, -0.15) is 17.6 Å². The van der Waals surface area contributed by atoms with Crippen molar-refractivity contribution in [1.29, 1.82) is 0 Å². The maximum atomic E-state index is 12.6. The number of aliphatic carboxylic acids is 2. The molecule has 0 heterocycles. The van der Waals surface area contributed by atoms with E-state index in [0.717, 1.165) is 0 Å². The molecule has 0 aromatic rings. The van der Waals surface area contributed by atoms with Crippen LogP contribution in [0, 0.1) is 5.92 Å². The lowest BCUT2D eigenvalue weighted by Crippen LogP contribution is -2.36. The van der Waals surface area contributed by atoms with E-state index in [1.54, 1.807) is 0 Å². The molecule has 0 aliphatic heterocycles. The van der Waals surface area contributed by atoms with Crippen LogP contribution in [0.2, 0.25) is 0 Å². The lowest BCUT2D eigenvalue weighted by Gasteiger charge is -2.21. The van der Waals surface area contributed by atoms with Crippen molar-refractivity contribution in [2.24, 2.45) is 5.92 Å². The predicted molar refractivity (Wildman–Crippen MR) is 46.8 cm³/mol. The van der Waals surface area contributed by atoms with Crippen molar-refractivity contribution in [3.05, 3.63) is 0 Å². The molecule has 9 heteroatoms. The number of carboxylic acid groups (broad SMARTS) is 2. The molecule has 0 fully saturated rings. The summed E-state index contributed by atoms with van der Waals surface area (Å²) in [6.07, 6.45) is -2.63. The van der Waals surface area contributed by atoms with Gasteiger partial charge in [0.15, 0.2) is 5.92 Å². The van der Waals surface area contributed by atoms with Gasteiger partial charge in [-0.15, -0.1) is 0 Å². The fourth-order valence-corrected chi connectivity index (χ4v) is 1.02. The van der Waals surface area contributed by atoms with E-state index in [2.05, 4.69) is 0 Å². The van der Waals surface area contributed by atoms with Gasteiger partial charge in [-0.05, 0) is 22.4 Å². The van der Waals surface area contributed by atoms with E-state index >= 15 is 0 Å². The zero-order chi connectivity index (χ0) is 13.1. The number of rotatable bonds is 6. The summed E-state index contributed by atoms with van der Waals surface area (Å²) in [6, 6.07) is 0. The molecule has 0 spiro atoms. The first kappa shape index (κ1) is 15.1. The number of hydrogen-bond donors (Lipinski definition) is 2. The van der Waals surface area contributed by atoms with Gasteiger partial charge in [0.2, 0.25) is 0 Å². The smallest absolute Gasteiger partial charge is 0.363 e. The molecule has 0 aromatic heterocycles. The van der Waals surface area contributed by atoms with Crippen molar-refractivity contribution in [3.63, 3.8) is 0 Å². The summed E-state index contributed by atoms with van der Waals surface area (Å²) >= 11 is 1.45. The fourth-order valence-electron chi connectivity index (χ4n) is 0.820. The van der Waals surface area contributed by atoms with Crippen LogP contribution in [0.25, 0.3) is 0 Å². The average Bonchev–Trinajstić information content (AvgIpc) is 1.99. The number of hydrogen-bond acceptors (Lipinski definition) is 2. The molecule has 0 unspecified atom stereocenters. The van der Waals surface area contributed by atoms with Gasteiger partial charge in [0.1, 0.15) is 0 Å². The second-order valence-corrected chi connectivity index (χ2v) is 3.97. The molecule has 2 N–H and O–H groups in total. The Morgan fingerprint density at radius 3 is 1.75 bits per heavy atom. The quantitative estimate of drug-likeness (QED) is 0.448. The Kier molecular flexibility index (Phi) is 4.71. The van der Waals surface area contributed by atoms with Crippen LogP contribution in [-0.4, -0.2) is 32.9 Å². The van der Waals surface area contributed by atoms with Crippen LogP contribution < -0.4 is 0 Å². The SMILES string of the molecule is O=C(O)C(CCC(F)(F)C(F)(F)Br)C(=O)O. The van der Waals surface area contributed by atoms with Gasteiger partial charge in [0, 0.05) is 6.42 Å². The van der Waals surface area contributed by atoms with Crippen LogP contribution in [0.1, 0.15) is 12.8 Å². The highest BCUT2D eigenvalue weighted by molar-refractivity contribution is 9.10. The summed E-state index contributed by atoms with van der Waals surface area (Å²) in [4.78, 5) is 16.1. The van der Waals surface area contributed by atoms with E-state index in [-0.39, 0.29) is 0 Å². The Labute approximate surface area is 95.4 Å². The van der Waals surface area contributed by atoms with Gasteiger partial charge in [0.05, 0.1) is 0 Å². The minimum Gasteiger partial charge on any atom is -0.481 e. The highest BCUT2D eigenvalue weighted by Gasteiger charge is 2.54. The lowest BCUT2D eigenvalue weighted by atomic mass is 10.0. The molecule has 0 rings (SSSR count). The molecular formula is C7H7BrF4O4. The van der Waals surface area contributed by atoms with E-state index in [4.69, 9.17) is 10.2 Å². The number of carbonyl (C=O) groups is 2. The standard InChI is InChI=1S/C7H7BrF4O4/c8-7(11,12)6(9,10)2-1-3(4(13)14)5(15)16/h3H,1-2H2,(H,13,14)(H,15,16). The van der Waals surface area contributed by atoms with Crippen LogP contribution in [0.5, 0.6) is 0 Å².